The molecule has 0 aliphatic rings. The van der Waals surface area contributed by atoms with E-state index in [-0.39, 0.29) is 18.6 Å². The molecular weight excluding hydrogens is 326 g/mol. The lowest BCUT2D eigenvalue weighted by atomic mass is 10.1. The van der Waals surface area contributed by atoms with Crippen molar-refractivity contribution < 1.29 is 9.53 Å². The molecule has 0 aliphatic carbocycles. The van der Waals surface area contributed by atoms with Gasteiger partial charge in [0.1, 0.15) is 5.75 Å². The highest BCUT2D eigenvalue weighted by Gasteiger charge is 2.12. The van der Waals surface area contributed by atoms with Crippen LogP contribution in [-0.4, -0.2) is 22.1 Å². The number of para-hydroxylation sites is 1. The zero-order valence-corrected chi connectivity index (χ0v) is 14.6. The molecule has 0 aliphatic heterocycles. The first-order chi connectivity index (χ1) is 12.6. The third-order valence-electron chi connectivity index (χ3n) is 4.05. The SMILES string of the molecule is C=C(c1ccccc1OCC(=O)NC(C)c1ccccc1)n1ccnc1. The number of rotatable bonds is 7. The van der Waals surface area contributed by atoms with Crippen LogP contribution in [0.2, 0.25) is 0 Å². The van der Waals surface area contributed by atoms with Crippen molar-refractivity contribution in [1.82, 2.24) is 14.9 Å². The molecule has 0 radical (unpaired) electrons. The van der Waals surface area contributed by atoms with Crippen molar-refractivity contribution in [1.29, 1.82) is 0 Å². The van der Waals surface area contributed by atoms with Gasteiger partial charge in [0.15, 0.2) is 6.61 Å². The first-order valence-corrected chi connectivity index (χ1v) is 8.39. The monoisotopic (exact) mass is 347 g/mol. The second-order valence-corrected chi connectivity index (χ2v) is 5.90. The minimum Gasteiger partial charge on any atom is -0.483 e. The van der Waals surface area contributed by atoms with Gasteiger partial charge in [0, 0.05) is 18.0 Å². The molecule has 5 nitrogen and oxygen atoms in total. The van der Waals surface area contributed by atoms with Crippen molar-refractivity contribution in [2.45, 2.75) is 13.0 Å². The molecular formula is C21H21N3O2. The Kier molecular flexibility index (Phi) is 5.49. The zero-order valence-electron chi connectivity index (χ0n) is 14.6. The largest absolute Gasteiger partial charge is 0.483 e. The maximum Gasteiger partial charge on any atom is 0.258 e. The van der Waals surface area contributed by atoms with Crippen LogP contribution in [-0.2, 0) is 4.79 Å². The maximum absolute atomic E-state index is 12.2. The molecule has 5 heteroatoms. The van der Waals surface area contributed by atoms with Gasteiger partial charge in [-0.25, -0.2) is 4.98 Å². The predicted octanol–water partition coefficient (Wildman–Crippen LogP) is 3.66. The number of nitrogens with one attached hydrogen (secondary N) is 1. The lowest BCUT2D eigenvalue weighted by molar-refractivity contribution is -0.123. The average molecular weight is 347 g/mol. The van der Waals surface area contributed by atoms with Gasteiger partial charge < -0.3 is 14.6 Å². The molecule has 0 fully saturated rings. The van der Waals surface area contributed by atoms with E-state index in [0.717, 1.165) is 16.8 Å². The number of carbonyl (C=O) groups is 1. The van der Waals surface area contributed by atoms with Gasteiger partial charge in [0.2, 0.25) is 0 Å². The summed E-state index contributed by atoms with van der Waals surface area (Å²) in [6.07, 6.45) is 5.17. The third kappa shape index (κ3) is 4.19. The summed E-state index contributed by atoms with van der Waals surface area (Å²) in [6.45, 7) is 5.97. The fourth-order valence-electron chi connectivity index (χ4n) is 2.64. The van der Waals surface area contributed by atoms with Gasteiger partial charge in [-0.3, -0.25) is 4.79 Å². The van der Waals surface area contributed by atoms with E-state index >= 15 is 0 Å². The highest BCUT2D eigenvalue weighted by molar-refractivity contribution is 5.78. The topological polar surface area (TPSA) is 56.1 Å². The van der Waals surface area contributed by atoms with E-state index in [9.17, 15) is 4.79 Å². The van der Waals surface area contributed by atoms with Gasteiger partial charge >= 0.3 is 0 Å². The summed E-state index contributed by atoms with van der Waals surface area (Å²) in [7, 11) is 0. The fourth-order valence-corrected chi connectivity index (χ4v) is 2.64. The molecule has 1 N–H and O–H groups in total. The summed E-state index contributed by atoms with van der Waals surface area (Å²) in [5.41, 5.74) is 2.60. The highest BCUT2D eigenvalue weighted by atomic mass is 16.5. The van der Waals surface area contributed by atoms with E-state index in [2.05, 4.69) is 16.9 Å². The number of amides is 1. The van der Waals surface area contributed by atoms with Crippen LogP contribution in [0, 0.1) is 0 Å². The molecule has 0 saturated heterocycles. The molecule has 3 aromatic rings. The van der Waals surface area contributed by atoms with Gasteiger partial charge in [-0.15, -0.1) is 0 Å². The van der Waals surface area contributed by atoms with Crippen LogP contribution >= 0.6 is 0 Å². The van der Waals surface area contributed by atoms with Crippen molar-refractivity contribution >= 4 is 11.6 Å². The second-order valence-electron chi connectivity index (χ2n) is 5.90. The normalized spacial score (nSPS) is 11.6. The van der Waals surface area contributed by atoms with Gasteiger partial charge in [0.05, 0.1) is 18.1 Å². The van der Waals surface area contributed by atoms with Crippen molar-refractivity contribution in [2.24, 2.45) is 0 Å². The first kappa shape index (κ1) is 17.5. The summed E-state index contributed by atoms with van der Waals surface area (Å²) in [4.78, 5) is 16.3. The second kappa shape index (κ2) is 8.16. The summed E-state index contributed by atoms with van der Waals surface area (Å²) in [5.74, 6) is 0.429. The summed E-state index contributed by atoms with van der Waals surface area (Å²) in [6, 6.07) is 17.2. The van der Waals surface area contributed by atoms with Crippen LogP contribution in [0.25, 0.3) is 5.70 Å². The number of imidazole rings is 1. The van der Waals surface area contributed by atoms with E-state index in [1.54, 1.807) is 17.1 Å². The summed E-state index contributed by atoms with van der Waals surface area (Å²) in [5, 5.41) is 2.94. The first-order valence-electron chi connectivity index (χ1n) is 8.39. The number of hydrogen-bond acceptors (Lipinski definition) is 3. The smallest absolute Gasteiger partial charge is 0.258 e. The zero-order chi connectivity index (χ0) is 18.4. The Morgan fingerprint density at radius 3 is 2.65 bits per heavy atom. The van der Waals surface area contributed by atoms with Gasteiger partial charge in [-0.1, -0.05) is 49.0 Å². The summed E-state index contributed by atoms with van der Waals surface area (Å²) >= 11 is 0. The molecule has 1 aromatic heterocycles. The van der Waals surface area contributed by atoms with Crippen LogP contribution in [0.5, 0.6) is 5.75 Å². The standard InChI is InChI=1S/C21H21N3O2/c1-16(18-8-4-3-5-9-18)23-21(25)14-26-20-11-7-6-10-19(20)17(2)24-13-12-22-15-24/h3-13,15-16H,2,14H2,1H3,(H,23,25). The predicted molar refractivity (Wildman–Crippen MR) is 102 cm³/mol. The number of aromatic nitrogens is 2. The number of hydrogen-bond donors (Lipinski definition) is 1. The van der Waals surface area contributed by atoms with E-state index in [0.29, 0.717) is 5.75 Å². The number of nitrogens with zero attached hydrogens (tertiary/aromatic N) is 2. The van der Waals surface area contributed by atoms with Crippen LogP contribution in [0.3, 0.4) is 0 Å². The number of carbonyl (C=O) groups excluding carboxylic acids is 1. The Balaban J connectivity index is 1.63. The van der Waals surface area contributed by atoms with E-state index in [1.807, 2.05) is 67.7 Å². The van der Waals surface area contributed by atoms with E-state index < -0.39 is 0 Å². The van der Waals surface area contributed by atoms with Crippen LogP contribution in [0.1, 0.15) is 24.1 Å². The Morgan fingerprint density at radius 2 is 1.92 bits per heavy atom. The average Bonchev–Trinajstić information content (AvgIpc) is 3.21. The quantitative estimate of drug-likeness (QED) is 0.710. The highest BCUT2D eigenvalue weighted by Crippen LogP contribution is 2.25. The molecule has 26 heavy (non-hydrogen) atoms. The van der Waals surface area contributed by atoms with Crippen LogP contribution in [0.4, 0.5) is 0 Å². The molecule has 1 amide bonds. The van der Waals surface area contributed by atoms with Crippen LogP contribution in [0.15, 0.2) is 79.9 Å². The molecule has 0 bridgehead atoms. The molecule has 3 rings (SSSR count). The van der Waals surface area contributed by atoms with Crippen molar-refractivity contribution in [2.75, 3.05) is 6.61 Å². The molecule has 0 saturated carbocycles. The maximum atomic E-state index is 12.2. The molecule has 1 heterocycles. The van der Waals surface area contributed by atoms with Gasteiger partial charge in [0.25, 0.3) is 5.91 Å². The summed E-state index contributed by atoms with van der Waals surface area (Å²) < 4.78 is 7.55. The Labute approximate surface area is 153 Å². The lowest BCUT2D eigenvalue weighted by Gasteiger charge is -2.16. The Hall–Kier alpha value is -3.34. The lowest BCUT2D eigenvalue weighted by Crippen LogP contribution is -2.31. The van der Waals surface area contributed by atoms with Crippen molar-refractivity contribution in [3.05, 3.63) is 91.0 Å². The third-order valence-corrected chi connectivity index (χ3v) is 4.05. The molecule has 0 spiro atoms. The van der Waals surface area contributed by atoms with Crippen LogP contribution < -0.4 is 10.1 Å². The molecule has 2 aromatic carbocycles. The number of benzene rings is 2. The fraction of sp³-hybridized carbons (Fsp3) is 0.143. The van der Waals surface area contributed by atoms with Gasteiger partial charge in [-0.05, 0) is 24.6 Å². The Morgan fingerprint density at radius 1 is 1.19 bits per heavy atom. The van der Waals surface area contributed by atoms with Gasteiger partial charge in [-0.2, -0.15) is 0 Å². The molecule has 1 unspecified atom stereocenters. The number of ether oxygens (including phenoxy) is 1. The molecule has 1 atom stereocenters. The molecule has 132 valence electrons. The Bertz CT molecular complexity index is 873. The minimum atomic E-state index is -0.176. The van der Waals surface area contributed by atoms with Crippen molar-refractivity contribution in [3.8, 4) is 5.75 Å². The minimum absolute atomic E-state index is 0.0641. The van der Waals surface area contributed by atoms with E-state index in [4.69, 9.17) is 4.74 Å². The van der Waals surface area contributed by atoms with E-state index in [1.165, 1.54) is 0 Å². The van der Waals surface area contributed by atoms with Crippen molar-refractivity contribution in [3.63, 3.8) is 0 Å².